The quantitative estimate of drug-likeness (QED) is 0.864. The van der Waals surface area contributed by atoms with E-state index >= 15 is 0 Å². The maximum Gasteiger partial charge on any atom is 0.0994 e. The molecule has 2 nitrogen and oxygen atoms in total. The summed E-state index contributed by atoms with van der Waals surface area (Å²) in [6, 6.07) is 9.97. The van der Waals surface area contributed by atoms with Gasteiger partial charge in [0.1, 0.15) is 0 Å². The van der Waals surface area contributed by atoms with Gasteiger partial charge in [-0.15, -0.1) is 0 Å². The summed E-state index contributed by atoms with van der Waals surface area (Å²) < 4.78 is 0. The molecule has 1 aromatic carbocycles. The van der Waals surface area contributed by atoms with Gasteiger partial charge in [-0.25, -0.2) is 0 Å². The van der Waals surface area contributed by atoms with Crippen molar-refractivity contribution >= 4 is 0 Å². The van der Waals surface area contributed by atoms with Gasteiger partial charge in [0.2, 0.25) is 0 Å². The molecule has 0 aromatic heterocycles. The van der Waals surface area contributed by atoms with Crippen LogP contribution in [0.1, 0.15) is 38.2 Å². The minimum atomic E-state index is -0.755. The number of benzene rings is 1. The Kier molecular flexibility index (Phi) is 4.41. The summed E-state index contributed by atoms with van der Waals surface area (Å²) >= 11 is 0. The summed E-state index contributed by atoms with van der Waals surface area (Å²) in [5.74, 6) is 0.835. The van der Waals surface area contributed by atoms with Gasteiger partial charge in [0.05, 0.1) is 5.60 Å². The molecule has 1 saturated carbocycles. The molecule has 2 rings (SSSR count). The standard InChI is InChI=1S/C16H25NO/c1-16(18,15-10-4-3-5-11-15)13-17(2)12-14-8-6-7-9-14/h3-5,10-11,14,18H,6-9,12-13H2,1-2H3. The van der Waals surface area contributed by atoms with Gasteiger partial charge in [-0.05, 0) is 38.3 Å². The molecule has 0 spiro atoms. The molecule has 18 heavy (non-hydrogen) atoms. The zero-order valence-electron chi connectivity index (χ0n) is 11.6. The van der Waals surface area contributed by atoms with Gasteiger partial charge < -0.3 is 10.0 Å². The lowest BCUT2D eigenvalue weighted by molar-refractivity contribution is 0.0198. The Morgan fingerprint density at radius 3 is 2.44 bits per heavy atom. The van der Waals surface area contributed by atoms with Crippen LogP contribution in [-0.2, 0) is 5.60 Å². The first-order chi connectivity index (χ1) is 8.58. The SMILES string of the molecule is CN(CC1CCCC1)CC(C)(O)c1ccccc1. The molecule has 1 unspecified atom stereocenters. The highest BCUT2D eigenvalue weighted by Gasteiger charge is 2.26. The van der Waals surface area contributed by atoms with Crippen LogP contribution in [0.3, 0.4) is 0 Å². The Morgan fingerprint density at radius 2 is 1.83 bits per heavy atom. The molecule has 0 amide bonds. The van der Waals surface area contributed by atoms with Crippen LogP contribution in [0.2, 0.25) is 0 Å². The highest BCUT2D eigenvalue weighted by Crippen LogP contribution is 2.27. The zero-order chi connectivity index (χ0) is 13.0. The maximum absolute atomic E-state index is 10.6. The molecule has 0 aliphatic heterocycles. The summed E-state index contributed by atoms with van der Waals surface area (Å²) in [6.45, 7) is 3.73. The van der Waals surface area contributed by atoms with E-state index in [2.05, 4.69) is 11.9 Å². The van der Waals surface area contributed by atoms with Crippen molar-refractivity contribution in [2.75, 3.05) is 20.1 Å². The van der Waals surface area contributed by atoms with Gasteiger partial charge in [-0.1, -0.05) is 43.2 Å². The average molecular weight is 247 g/mol. The van der Waals surface area contributed by atoms with Crippen molar-refractivity contribution in [2.45, 2.75) is 38.2 Å². The van der Waals surface area contributed by atoms with Gasteiger partial charge >= 0.3 is 0 Å². The van der Waals surface area contributed by atoms with Gasteiger partial charge in [-0.2, -0.15) is 0 Å². The summed E-state index contributed by atoms with van der Waals surface area (Å²) in [7, 11) is 2.12. The molecule has 0 heterocycles. The summed E-state index contributed by atoms with van der Waals surface area (Å²) in [6.07, 6.45) is 5.48. The monoisotopic (exact) mass is 247 g/mol. The fraction of sp³-hybridized carbons (Fsp3) is 0.625. The van der Waals surface area contributed by atoms with Crippen LogP contribution in [0.15, 0.2) is 30.3 Å². The molecule has 1 aliphatic carbocycles. The Labute approximate surface area is 111 Å². The first-order valence-electron chi connectivity index (χ1n) is 7.04. The Bertz CT molecular complexity index is 355. The van der Waals surface area contributed by atoms with Crippen LogP contribution in [0.4, 0.5) is 0 Å². The Balaban J connectivity index is 1.90. The van der Waals surface area contributed by atoms with E-state index in [-0.39, 0.29) is 0 Å². The number of nitrogens with zero attached hydrogens (tertiary/aromatic N) is 1. The van der Waals surface area contributed by atoms with E-state index < -0.39 is 5.60 Å². The van der Waals surface area contributed by atoms with Crippen LogP contribution in [0.5, 0.6) is 0 Å². The minimum Gasteiger partial charge on any atom is -0.384 e. The maximum atomic E-state index is 10.6. The lowest BCUT2D eigenvalue weighted by Gasteiger charge is -2.31. The summed E-state index contributed by atoms with van der Waals surface area (Å²) in [5, 5.41) is 10.6. The van der Waals surface area contributed by atoms with Crippen LogP contribution in [0.25, 0.3) is 0 Å². The molecule has 0 saturated heterocycles. The fourth-order valence-corrected chi connectivity index (χ4v) is 3.11. The molecule has 2 heteroatoms. The molecule has 0 bridgehead atoms. The van der Waals surface area contributed by atoms with E-state index in [4.69, 9.17) is 0 Å². The molecule has 1 aliphatic rings. The van der Waals surface area contributed by atoms with Gasteiger partial charge in [0.15, 0.2) is 0 Å². The third-order valence-corrected chi connectivity index (χ3v) is 4.02. The molecule has 0 radical (unpaired) electrons. The molecular weight excluding hydrogens is 222 g/mol. The van der Waals surface area contributed by atoms with Gasteiger partial charge in [0, 0.05) is 13.1 Å². The zero-order valence-corrected chi connectivity index (χ0v) is 11.6. The highest BCUT2D eigenvalue weighted by molar-refractivity contribution is 5.21. The van der Waals surface area contributed by atoms with Gasteiger partial charge in [0.25, 0.3) is 0 Å². The third-order valence-electron chi connectivity index (χ3n) is 4.02. The number of likely N-dealkylation sites (N-methyl/N-ethyl adjacent to an activating group) is 1. The lowest BCUT2D eigenvalue weighted by atomic mass is 9.95. The van der Waals surface area contributed by atoms with Gasteiger partial charge in [-0.3, -0.25) is 0 Å². The van der Waals surface area contributed by atoms with E-state index in [1.165, 1.54) is 25.7 Å². The Morgan fingerprint density at radius 1 is 1.22 bits per heavy atom. The predicted molar refractivity (Wildman–Crippen MR) is 75.5 cm³/mol. The second kappa shape index (κ2) is 5.85. The van der Waals surface area contributed by atoms with E-state index in [9.17, 15) is 5.11 Å². The van der Waals surface area contributed by atoms with E-state index in [1.54, 1.807) is 0 Å². The van der Waals surface area contributed by atoms with E-state index in [1.807, 2.05) is 37.3 Å². The molecule has 1 N–H and O–H groups in total. The number of hydrogen-bond acceptors (Lipinski definition) is 2. The molecular formula is C16H25NO. The second-order valence-corrected chi connectivity index (χ2v) is 5.99. The molecule has 1 fully saturated rings. The first-order valence-corrected chi connectivity index (χ1v) is 7.04. The number of hydrogen-bond donors (Lipinski definition) is 1. The predicted octanol–water partition coefficient (Wildman–Crippen LogP) is 3.02. The van der Waals surface area contributed by atoms with Crippen LogP contribution in [0, 0.1) is 5.92 Å². The average Bonchev–Trinajstić information content (AvgIpc) is 2.82. The van der Waals surface area contributed by atoms with E-state index in [0.717, 1.165) is 18.0 Å². The van der Waals surface area contributed by atoms with Crippen molar-refractivity contribution in [1.82, 2.24) is 4.90 Å². The van der Waals surface area contributed by atoms with Crippen molar-refractivity contribution in [3.05, 3.63) is 35.9 Å². The topological polar surface area (TPSA) is 23.5 Å². The van der Waals surface area contributed by atoms with Crippen molar-refractivity contribution in [3.63, 3.8) is 0 Å². The summed E-state index contributed by atoms with van der Waals surface area (Å²) in [5.41, 5.74) is 0.248. The fourth-order valence-electron chi connectivity index (χ4n) is 3.11. The minimum absolute atomic E-state index is 0.702. The van der Waals surface area contributed by atoms with Crippen LogP contribution >= 0.6 is 0 Å². The lowest BCUT2D eigenvalue weighted by Crippen LogP contribution is -2.38. The van der Waals surface area contributed by atoms with Crippen molar-refractivity contribution in [1.29, 1.82) is 0 Å². The second-order valence-electron chi connectivity index (χ2n) is 5.99. The van der Waals surface area contributed by atoms with Crippen molar-refractivity contribution in [3.8, 4) is 0 Å². The van der Waals surface area contributed by atoms with E-state index in [0.29, 0.717) is 6.54 Å². The molecule has 1 aromatic rings. The summed E-state index contributed by atoms with van der Waals surface area (Å²) in [4.78, 5) is 2.28. The van der Waals surface area contributed by atoms with Crippen molar-refractivity contribution < 1.29 is 5.11 Å². The number of aliphatic hydroxyl groups is 1. The third kappa shape index (κ3) is 3.56. The molecule has 100 valence electrons. The Hall–Kier alpha value is -0.860. The van der Waals surface area contributed by atoms with Crippen molar-refractivity contribution in [2.24, 2.45) is 5.92 Å². The largest absolute Gasteiger partial charge is 0.384 e. The normalized spacial score (nSPS) is 20.2. The van der Waals surface area contributed by atoms with Crippen LogP contribution in [-0.4, -0.2) is 30.1 Å². The smallest absolute Gasteiger partial charge is 0.0994 e. The molecule has 1 atom stereocenters. The number of rotatable bonds is 5. The van der Waals surface area contributed by atoms with Crippen LogP contribution < -0.4 is 0 Å². The highest BCUT2D eigenvalue weighted by atomic mass is 16.3. The first kappa shape index (κ1) is 13.6.